The van der Waals surface area contributed by atoms with Gasteiger partial charge in [-0.1, -0.05) is 48.5 Å². The molecule has 0 radical (unpaired) electrons. The number of aryl methyl sites for hydroxylation is 2. The summed E-state index contributed by atoms with van der Waals surface area (Å²) >= 11 is 0. The molecule has 1 aliphatic rings. The quantitative estimate of drug-likeness (QED) is 0.521. The smallest absolute Gasteiger partial charge is 0.250 e. The number of Topliss-reactive ketones (excluding diaryl/α,β-unsaturated/α-hetero) is 1. The Kier molecular flexibility index (Phi) is 8.67. The zero-order valence-corrected chi connectivity index (χ0v) is 19.2. The van der Waals surface area contributed by atoms with Gasteiger partial charge in [0, 0.05) is 18.5 Å². The van der Waals surface area contributed by atoms with E-state index in [1.165, 1.54) is 11.8 Å². The van der Waals surface area contributed by atoms with Gasteiger partial charge >= 0.3 is 0 Å². The SMILES string of the molecule is CC(=O)C[C@@H](C=O)NC(=O)CN1C(=O)[C@@H](NC(=O)CCc2ccccc2)CCc2ccccc21. The summed E-state index contributed by atoms with van der Waals surface area (Å²) in [6.45, 7) is 1.01. The van der Waals surface area contributed by atoms with Crippen LogP contribution in [0.1, 0.15) is 37.3 Å². The maximum Gasteiger partial charge on any atom is 0.250 e. The first-order valence-electron chi connectivity index (χ1n) is 11.3. The minimum absolute atomic E-state index is 0.111. The summed E-state index contributed by atoms with van der Waals surface area (Å²) in [6.07, 6.45) is 2.17. The number of rotatable bonds is 10. The lowest BCUT2D eigenvalue weighted by atomic mass is 10.1. The van der Waals surface area contributed by atoms with Crippen molar-refractivity contribution >= 4 is 35.5 Å². The molecule has 178 valence electrons. The van der Waals surface area contributed by atoms with Crippen molar-refractivity contribution in [2.24, 2.45) is 0 Å². The van der Waals surface area contributed by atoms with Crippen molar-refractivity contribution in [3.05, 3.63) is 65.7 Å². The Bertz CT molecular complexity index is 1050. The maximum absolute atomic E-state index is 13.4. The lowest BCUT2D eigenvalue weighted by Crippen LogP contribution is -2.51. The fourth-order valence-corrected chi connectivity index (χ4v) is 4.02. The van der Waals surface area contributed by atoms with Gasteiger partial charge < -0.3 is 20.3 Å². The average Bonchev–Trinajstić information content (AvgIpc) is 2.95. The maximum atomic E-state index is 13.4. The van der Waals surface area contributed by atoms with E-state index in [0.29, 0.717) is 31.2 Å². The number of anilines is 1. The molecule has 0 aliphatic carbocycles. The van der Waals surface area contributed by atoms with E-state index in [1.54, 1.807) is 12.1 Å². The van der Waals surface area contributed by atoms with E-state index in [1.807, 2.05) is 42.5 Å². The van der Waals surface area contributed by atoms with Crippen LogP contribution < -0.4 is 15.5 Å². The molecular formula is C26H29N3O5. The lowest BCUT2D eigenvalue weighted by molar-refractivity contribution is -0.129. The molecule has 2 N–H and O–H groups in total. The molecule has 8 heteroatoms. The molecule has 8 nitrogen and oxygen atoms in total. The zero-order chi connectivity index (χ0) is 24.5. The van der Waals surface area contributed by atoms with E-state index in [4.69, 9.17) is 0 Å². The Morgan fingerprint density at radius 3 is 2.47 bits per heavy atom. The van der Waals surface area contributed by atoms with Gasteiger partial charge in [0.05, 0.1) is 6.04 Å². The van der Waals surface area contributed by atoms with E-state index in [2.05, 4.69) is 10.6 Å². The van der Waals surface area contributed by atoms with Gasteiger partial charge in [0.1, 0.15) is 24.7 Å². The van der Waals surface area contributed by atoms with Crippen molar-refractivity contribution in [2.75, 3.05) is 11.4 Å². The van der Waals surface area contributed by atoms with Gasteiger partial charge in [-0.05, 0) is 43.4 Å². The Balaban J connectivity index is 1.70. The van der Waals surface area contributed by atoms with Crippen LogP contribution in [0, 0.1) is 0 Å². The van der Waals surface area contributed by atoms with Gasteiger partial charge in [-0.15, -0.1) is 0 Å². The summed E-state index contributed by atoms with van der Waals surface area (Å²) in [4.78, 5) is 62.5. The van der Waals surface area contributed by atoms with Crippen molar-refractivity contribution in [1.29, 1.82) is 0 Å². The highest BCUT2D eigenvalue weighted by atomic mass is 16.2. The first-order valence-corrected chi connectivity index (χ1v) is 11.3. The predicted molar refractivity (Wildman–Crippen MR) is 127 cm³/mol. The number of carbonyl (C=O) groups excluding carboxylic acids is 5. The van der Waals surface area contributed by atoms with Gasteiger partial charge in [-0.2, -0.15) is 0 Å². The molecule has 0 unspecified atom stereocenters. The van der Waals surface area contributed by atoms with Gasteiger partial charge in [0.15, 0.2) is 0 Å². The second-order valence-corrected chi connectivity index (χ2v) is 8.41. The Morgan fingerprint density at radius 1 is 1.06 bits per heavy atom. The Hall–Kier alpha value is -3.81. The normalized spacial score (nSPS) is 16.1. The highest BCUT2D eigenvalue weighted by Crippen LogP contribution is 2.27. The molecule has 3 rings (SSSR count). The van der Waals surface area contributed by atoms with Crippen LogP contribution in [0.4, 0.5) is 5.69 Å². The molecule has 2 aromatic carbocycles. The third-order valence-corrected chi connectivity index (χ3v) is 5.69. The number of fused-ring (bicyclic) bond motifs is 1. The van der Waals surface area contributed by atoms with Crippen LogP contribution in [0.2, 0.25) is 0 Å². The van der Waals surface area contributed by atoms with Gasteiger partial charge in [-0.25, -0.2) is 0 Å². The second-order valence-electron chi connectivity index (χ2n) is 8.41. The van der Waals surface area contributed by atoms with E-state index < -0.39 is 18.0 Å². The third-order valence-electron chi connectivity index (χ3n) is 5.69. The predicted octanol–water partition coefficient (Wildman–Crippen LogP) is 1.75. The monoisotopic (exact) mass is 463 g/mol. The van der Waals surface area contributed by atoms with Crippen LogP contribution in [0.3, 0.4) is 0 Å². The van der Waals surface area contributed by atoms with Crippen LogP contribution in [0.15, 0.2) is 54.6 Å². The molecule has 1 heterocycles. The van der Waals surface area contributed by atoms with E-state index in [0.717, 1.165) is 11.1 Å². The van der Waals surface area contributed by atoms with Crippen molar-refractivity contribution in [2.45, 2.75) is 51.1 Å². The standard InChI is InChI=1S/C26H29N3O5/c1-18(31)15-21(17-30)27-25(33)16-29-23-10-6-5-9-20(23)12-13-22(26(29)34)28-24(32)14-11-19-7-3-2-4-8-19/h2-10,17,21-22H,11-16H2,1H3,(H,27,33)(H,28,32)/t21-,22-/m0/s1. The summed E-state index contributed by atoms with van der Waals surface area (Å²) in [7, 11) is 0. The Morgan fingerprint density at radius 2 is 1.76 bits per heavy atom. The van der Waals surface area contributed by atoms with Gasteiger partial charge in [0.2, 0.25) is 17.7 Å². The number of hydrogen-bond acceptors (Lipinski definition) is 5. The van der Waals surface area contributed by atoms with Gasteiger partial charge in [0.25, 0.3) is 0 Å². The number of amides is 3. The summed E-state index contributed by atoms with van der Waals surface area (Å²) in [5.74, 6) is -1.41. The fraction of sp³-hybridized carbons (Fsp3) is 0.346. The minimum Gasteiger partial charge on any atom is -0.345 e. The highest BCUT2D eigenvalue weighted by Gasteiger charge is 2.32. The van der Waals surface area contributed by atoms with Crippen molar-refractivity contribution in [1.82, 2.24) is 10.6 Å². The highest BCUT2D eigenvalue weighted by molar-refractivity contribution is 6.04. The van der Waals surface area contributed by atoms with Crippen LogP contribution in [0.25, 0.3) is 0 Å². The number of nitrogens with zero attached hydrogens (tertiary/aromatic N) is 1. The third kappa shape index (κ3) is 6.84. The van der Waals surface area contributed by atoms with Crippen LogP contribution in [0.5, 0.6) is 0 Å². The van der Waals surface area contributed by atoms with Crippen LogP contribution >= 0.6 is 0 Å². The molecule has 1 aliphatic heterocycles. The van der Waals surface area contributed by atoms with Crippen LogP contribution in [-0.4, -0.2) is 48.4 Å². The Labute approximate surface area is 198 Å². The first kappa shape index (κ1) is 24.8. The molecule has 0 spiro atoms. The van der Waals surface area contributed by atoms with E-state index in [-0.39, 0.29) is 37.0 Å². The van der Waals surface area contributed by atoms with Crippen LogP contribution in [-0.2, 0) is 36.8 Å². The number of benzene rings is 2. The molecule has 34 heavy (non-hydrogen) atoms. The number of ketones is 1. The zero-order valence-electron chi connectivity index (χ0n) is 19.2. The molecule has 0 bridgehead atoms. The van der Waals surface area contributed by atoms with Crippen molar-refractivity contribution in [3.8, 4) is 0 Å². The minimum atomic E-state index is -0.948. The number of nitrogens with one attached hydrogen (secondary N) is 2. The average molecular weight is 464 g/mol. The number of aldehydes is 1. The lowest BCUT2D eigenvalue weighted by Gasteiger charge is -2.26. The molecule has 0 aromatic heterocycles. The van der Waals surface area contributed by atoms with Crippen molar-refractivity contribution < 1.29 is 24.0 Å². The molecule has 2 aromatic rings. The molecule has 0 saturated carbocycles. The molecular weight excluding hydrogens is 434 g/mol. The van der Waals surface area contributed by atoms with Crippen molar-refractivity contribution in [3.63, 3.8) is 0 Å². The molecule has 0 saturated heterocycles. The fourth-order valence-electron chi connectivity index (χ4n) is 4.02. The van der Waals surface area contributed by atoms with E-state index >= 15 is 0 Å². The second kappa shape index (κ2) is 11.9. The number of carbonyl (C=O) groups is 5. The molecule has 3 amide bonds. The molecule has 0 fully saturated rings. The van der Waals surface area contributed by atoms with Gasteiger partial charge in [-0.3, -0.25) is 19.2 Å². The van der Waals surface area contributed by atoms with E-state index in [9.17, 15) is 24.0 Å². The summed E-state index contributed by atoms with van der Waals surface area (Å²) in [6, 6.07) is 15.2. The first-order chi connectivity index (χ1) is 16.4. The number of hydrogen-bond donors (Lipinski definition) is 2. The largest absolute Gasteiger partial charge is 0.345 e. The summed E-state index contributed by atoms with van der Waals surface area (Å²) < 4.78 is 0. The number of para-hydroxylation sites is 1. The summed E-state index contributed by atoms with van der Waals surface area (Å²) in [5, 5.41) is 5.33. The summed E-state index contributed by atoms with van der Waals surface area (Å²) in [5.41, 5.74) is 2.52. The topological polar surface area (TPSA) is 113 Å². The molecule has 2 atom stereocenters.